The number of benzene rings is 2. The lowest BCUT2D eigenvalue weighted by Gasteiger charge is -2.30. The number of anilines is 2. The molecule has 1 aliphatic carbocycles. The molecule has 0 amide bonds. The lowest BCUT2D eigenvalue weighted by molar-refractivity contribution is 0.344. The van der Waals surface area contributed by atoms with E-state index in [0.29, 0.717) is 30.3 Å². The highest BCUT2D eigenvalue weighted by Crippen LogP contribution is 2.29. The van der Waals surface area contributed by atoms with E-state index in [9.17, 15) is 5.11 Å². The number of fused-ring (bicyclic) bond motifs is 1. The Morgan fingerprint density at radius 3 is 2.48 bits per heavy atom. The molecule has 1 saturated carbocycles. The largest absolute Gasteiger partial charge is 0.507 e. The topological polar surface area (TPSA) is 82.5 Å². The Bertz CT molecular complexity index is 1030. The minimum atomic E-state index is 0.271. The van der Waals surface area contributed by atoms with Crippen LogP contribution in [0.25, 0.3) is 10.9 Å². The zero-order valence-electron chi connectivity index (χ0n) is 18.4. The van der Waals surface area contributed by atoms with Gasteiger partial charge in [-0.15, -0.1) is 0 Å². The minimum Gasteiger partial charge on any atom is -0.507 e. The van der Waals surface area contributed by atoms with E-state index in [4.69, 9.17) is 14.7 Å². The molecule has 0 saturated heterocycles. The molecule has 7 nitrogen and oxygen atoms in total. The maximum Gasteiger partial charge on any atom is 0.225 e. The fourth-order valence-corrected chi connectivity index (χ4v) is 4.26. The van der Waals surface area contributed by atoms with Crippen LogP contribution < -0.4 is 20.3 Å². The molecule has 0 spiro atoms. The van der Waals surface area contributed by atoms with Crippen molar-refractivity contribution in [2.45, 2.75) is 44.3 Å². The van der Waals surface area contributed by atoms with Crippen molar-refractivity contribution in [3.8, 4) is 11.5 Å². The van der Waals surface area contributed by atoms with E-state index < -0.39 is 0 Å². The standard InChI is InChI=1S/C24H31N5O2/c1-29(2)23-18-7-4-5-8-20(18)27-24(28-23)26-17-13-11-16(12-14-17)25-15-19-21(30)9-6-10-22(19)31-3/h4-10,16-17,25,30H,11-15H2,1-3H3,(H,26,27,28). The summed E-state index contributed by atoms with van der Waals surface area (Å²) in [7, 11) is 5.65. The summed E-state index contributed by atoms with van der Waals surface area (Å²) in [6, 6.07) is 14.3. The van der Waals surface area contributed by atoms with Gasteiger partial charge in [0.1, 0.15) is 17.3 Å². The zero-order chi connectivity index (χ0) is 21.8. The molecular weight excluding hydrogens is 390 g/mol. The SMILES string of the molecule is COc1cccc(O)c1CNC1CCC(Nc2nc(N(C)C)c3ccccc3n2)CC1. The zero-order valence-corrected chi connectivity index (χ0v) is 18.4. The number of nitrogens with zero attached hydrogens (tertiary/aromatic N) is 3. The number of ether oxygens (including phenoxy) is 1. The predicted octanol–water partition coefficient (Wildman–Crippen LogP) is 3.92. The third-order valence-electron chi connectivity index (χ3n) is 5.96. The molecule has 7 heteroatoms. The van der Waals surface area contributed by atoms with Crippen LogP contribution in [0.1, 0.15) is 31.2 Å². The first-order chi connectivity index (χ1) is 15.0. The molecule has 0 atom stereocenters. The maximum absolute atomic E-state index is 10.1. The second-order valence-corrected chi connectivity index (χ2v) is 8.31. The van der Waals surface area contributed by atoms with Gasteiger partial charge in [0, 0.05) is 43.7 Å². The van der Waals surface area contributed by atoms with Crippen molar-refractivity contribution >= 4 is 22.7 Å². The van der Waals surface area contributed by atoms with E-state index in [1.54, 1.807) is 19.2 Å². The van der Waals surface area contributed by atoms with E-state index in [2.05, 4.69) is 16.7 Å². The van der Waals surface area contributed by atoms with E-state index in [-0.39, 0.29) is 5.75 Å². The highest BCUT2D eigenvalue weighted by Gasteiger charge is 2.22. The summed E-state index contributed by atoms with van der Waals surface area (Å²) in [5.74, 6) is 2.61. The van der Waals surface area contributed by atoms with Gasteiger partial charge >= 0.3 is 0 Å². The van der Waals surface area contributed by atoms with Crippen LogP contribution in [-0.2, 0) is 6.54 Å². The number of nitrogens with one attached hydrogen (secondary N) is 2. The minimum absolute atomic E-state index is 0.271. The van der Waals surface area contributed by atoms with Crippen molar-refractivity contribution in [2.75, 3.05) is 31.4 Å². The molecule has 1 heterocycles. The quantitative estimate of drug-likeness (QED) is 0.533. The van der Waals surface area contributed by atoms with Gasteiger partial charge in [0.05, 0.1) is 12.6 Å². The lowest BCUT2D eigenvalue weighted by atomic mass is 9.91. The van der Waals surface area contributed by atoms with Crippen molar-refractivity contribution in [2.24, 2.45) is 0 Å². The van der Waals surface area contributed by atoms with Crippen LogP contribution in [0.4, 0.5) is 11.8 Å². The first-order valence-corrected chi connectivity index (χ1v) is 10.8. The highest BCUT2D eigenvalue weighted by molar-refractivity contribution is 5.90. The number of rotatable bonds is 7. The van der Waals surface area contributed by atoms with Crippen LogP contribution in [-0.4, -0.2) is 48.4 Å². The first kappa shape index (κ1) is 21.2. The molecule has 2 aromatic carbocycles. The van der Waals surface area contributed by atoms with E-state index in [1.807, 2.05) is 43.3 Å². The Labute approximate surface area is 183 Å². The molecule has 3 N–H and O–H groups in total. The number of phenols is 1. The number of hydrogen-bond acceptors (Lipinski definition) is 7. The van der Waals surface area contributed by atoms with Gasteiger partial charge in [-0.2, -0.15) is 4.98 Å². The number of hydrogen-bond donors (Lipinski definition) is 3. The van der Waals surface area contributed by atoms with Gasteiger partial charge in [0.15, 0.2) is 0 Å². The molecule has 3 aromatic rings. The van der Waals surface area contributed by atoms with Gasteiger partial charge in [-0.3, -0.25) is 0 Å². The summed E-state index contributed by atoms with van der Waals surface area (Å²) in [4.78, 5) is 11.5. The predicted molar refractivity (Wildman–Crippen MR) is 125 cm³/mol. The van der Waals surface area contributed by atoms with Crippen molar-refractivity contribution in [1.82, 2.24) is 15.3 Å². The van der Waals surface area contributed by atoms with Gasteiger partial charge in [0.2, 0.25) is 5.95 Å². The van der Waals surface area contributed by atoms with Gasteiger partial charge < -0.3 is 25.4 Å². The van der Waals surface area contributed by atoms with Crippen LogP contribution >= 0.6 is 0 Å². The molecular formula is C24H31N5O2. The summed E-state index contributed by atoms with van der Waals surface area (Å²) in [6.45, 7) is 0.596. The van der Waals surface area contributed by atoms with E-state index in [0.717, 1.165) is 48.0 Å². The molecule has 1 aromatic heterocycles. The van der Waals surface area contributed by atoms with Crippen LogP contribution in [0.15, 0.2) is 42.5 Å². The number of para-hydroxylation sites is 1. The normalized spacial score (nSPS) is 18.7. The summed E-state index contributed by atoms with van der Waals surface area (Å²) in [5, 5.41) is 18.3. The molecule has 0 unspecified atom stereocenters. The number of aromatic hydroxyl groups is 1. The molecule has 0 radical (unpaired) electrons. The molecule has 0 bridgehead atoms. The molecule has 0 aliphatic heterocycles. The smallest absolute Gasteiger partial charge is 0.225 e. The third-order valence-corrected chi connectivity index (χ3v) is 5.96. The van der Waals surface area contributed by atoms with Crippen molar-refractivity contribution in [1.29, 1.82) is 0 Å². The molecule has 164 valence electrons. The van der Waals surface area contributed by atoms with Gasteiger partial charge in [-0.1, -0.05) is 18.2 Å². The monoisotopic (exact) mass is 421 g/mol. The summed E-state index contributed by atoms with van der Waals surface area (Å²) >= 11 is 0. The van der Waals surface area contributed by atoms with Crippen molar-refractivity contribution in [3.63, 3.8) is 0 Å². The lowest BCUT2D eigenvalue weighted by Crippen LogP contribution is -2.37. The fraction of sp³-hybridized carbons (Fsp3) is 0.417. The van der Waals surface area contributed by atoms with Gasteiger partial charge in [-0.25, -0.2) is 4.98 Å². The second kappa shape index (κ2) is 9.39. The van der Waals surface area contributed by atoms with Crippen molar-refractivity contribution in [3.05, 3.63) is 48.0 Å². The van der Waals surface area contributed by atoms with E-state index >= 15 is 0 Å². The summed E-state index contributed by atoms with van der Waals surface area (Å²) < 4.78 is 5.38. The average Bonchev–Trinajstić information content (AvgIpc) is 2.78. The number of phenolic OH excluding ortho intramolecular Hbond substituents is 1. The number of aromatic nitrogens is 2. The van der Waals surface area contributed by atoms with Gasteiger partial charge in [0.25, 0.3) is 0 Å². The Kier molecular flexibility index (Phi) is 6.42. The second-order valence-electron chi connectivity index (χ2n) is 8.31. The third kappa shape index (κ3) is 4.82. The van der Waals surface area contributed by atoms with Crippen LogP contribution in [0.3, 0.4) is 0 Å². The van der Waals surface area contributed by atoms with Crippen LogP contribution in [0.5, 0.6) is 11.5 Å². The highest BCUT2D eigenvalue weighted by atomic mass is 16.5. The molecule has 1 aliphatic rings. The molecule has 1 fully saturated rings. The Morgan fingerprint density at radius 2 is 1.74 bits per heavy atom. The van der Waals surface area contributed by atoms with E-state index in [1.165, 1.54) is 0 Å². The molecule has 4 rings (SSSR count). The van der Waals surface area contributed by atoms with Crippen LogP contribution in [0.2, 0.25) is 0 Å². The molecule has 31 heavy (non-hydrogen) atoms. The Morgan fingerprint density at radius 1 is 1.00 bits per heavy atom. The summed E-state index contributed by atoms with van der Waals surface area (Å²) in [6.07, 6.45) is 4.20. The first-order valence-electron chi connectivity index (χ1n) is 10.8. The van der Waals surface area contributed by atoms with Crippen LogP contribution in [0, 0.1) is 0 Å². The number of methoxy groups -OCH3 is 1. The fourth-order valence-electron chi connectivity index (χ4n) is 4.26. The van der Waals surface area contributed by atoms with Crippen molar-refractivity contribution < 1.29 is 9.84 Å². The summed E-state index contributed by atoms with van der Waals surface area (Å²) in [5.41, 5.74) is 1.77. The maximum atomic E-state index is 10.1. The Hall–Kier alpha value is -3.06. The Balaban J connectivity index is 1.36. The van der Waals surface area contributed by atoms with Gasteiger partial charge in [-0.05, 0) is 49.9 Å². The average molecular weight is 422 g/mol.